The molecule has 0 atom stereocenters. The number of hydrogen-bond donors (Lipinski definition) is 1. The van der Waals surface area contributed by atoms with E-state index in [4.69, 9.17) is 15.5 Å². The van der Waals surface area contributed by atoms with Gasteiger partial charge in [0.1, 0.15) is 5.82 Å². The molecule has 0 aliphatic carbocycles. The van der Waals surface area contributed by atoms with Crippen LogP contribution in [0.4, 0.5) is 0 Å². The monoisotopic (exact) mass is 261 g/mol. The molecule has 0 aliphatic heterocycles. The van der Waals surface area contributed by atoms with Gasteiger partial charge in [0.15, 0.2) is 0 Å². The molecule has 4 nitrogen and oxygen atoms in total. The van der Waals surface area contributed by atoms with Crippen LogP contribution in [0.5, 0.6) is 0 Å². The molecule has 2 aromatic rings. The fraction of sp³-hybridized carbons (Fsp3) is 0.533. The quantitative estimate of drug-likeness (QED) is 0.777. The van der Waals surface area contributed by atoms with Gasteiger partial charge in [-0.3, -0.25) is 0 Å². The summed E-state index contributed by atoms with van der Waals surface area (Å²) in [6, 6.07) is 8.27. The molecule has 19 heavy (non-hydrogen) atoms. The summed E-state index contributed by atoms with van der Waals surface area (Å²) in [5.41, 5.74) is 7.69. The third-order valence-corrected chi connectivity index (χ3v) is 3.05. The Morgan fingerprint density at radius 3 is 2.79 bits per heavy atom. The summed E-state index contributed by atoms with van der Waals surface area (Å²) in [5.74, 6) is 1.74. The fourth-order valence-electron chi connectivity index (χ4n) is 2.24. The van der Waals surface area contributed by atoms with Crippen molar-refractivity contribution in [2.75, 3.05) is 19.8 Å². The molecule has 0 bridgehead atoms. The Bertz CT molecular complexity index is 519. The van der Waals surface area contributed by atoms with Crippen LogP contribution in [0.1, 0.15) is 19.7 Å². The van der Waals surface area contributed by atoms with Crippen molar-refractivity contribution in [3.05, 3.63) is 30.1 Å². The van der Waals surface area contributed by atoms with Crippen LogP contribution in [0.15, 0.2) is 24.3 Å². The molecule has 0 aliphatic rings. The lowest BCUT2D eigenvalue weighted by atomic mass is 10.1. The van der Waals surface area contributed by atoms with Gasteiger partial charge in [-0.1, -0.05) is 26.0 Å². The molecule has 0 amide bonds. The highest BCUT2D eigenvalue weighted by Gasteiger charge is 2.11. The lowest BCUT2D eigenvalue weighted by Crippen LogP contribution is -2.14. The number of imidazole rings is 1. The molecular formula is C15H23N3O. The summed E-state index contributed by atoms with van der Waals surface area (Å²) in [7, 11) is 0. The maximum Gasteiger partial charge on any atom is 0.110 e. The van der Waals surface area contributed by atoms with Crippen molar-refractivity contribution >= 4 is 11.0 Å². The second kappa shape index (κ2) is 6.68. The van der Waals surface area contributed by atoms with E-state index < -0.39 is 0 Å². The van der Waals surface area contributed by atoms with E-state index in [1.807, 2.05) is 6.07 Å². The Hall–Kier alpha value is -1.39. The van der Waals surface area contributed by atoms with Crippen LogP contribution in [0.3, 0.4) is 0 Å². The third-order valence-electron chi connectivity index (χ3n) is 3.05. The highest BCUT2D eigenvalue weighted by Crippen LogP contribution is 2.18. The summed E-state index contributed by atoms with van der Waals surface area (Å²) in [4.78, 5) is 4.73. The van der Waals surface area contributed by atoms with Gasteiger partial charge in [0.2, 0.25) is 0 Å². The number of ether oxygens (including phenoxy) is 1. The molecule has 1 aromatic heterocycles. The van der Waals surface area contributed by atoms with Crippen LogP contribution in [0, 0.1) is 5.92 Å². The number of benzene rings is 1. The minimum atomic E-state index is 0.573. The van der Waals surface area contributed by atoms with Gasteiger partial charge in [-0.25, -0.2) is 4.98 Å². The summed E-state index contributed by atoms with van der Waals surface area (Å²) < 4.78 is 7.76. The molecule has 1 aromatic carbocycles. The van der Waals surface area contributed by atoms with E-state index in [-0.39, 0.29) is 0 Å². The number of aromatic nitrogens is 2. The maximum atomic E-state index is 5.49. The van der Waals surface area contributed by atoms with Crippen molar-refractivity contribution in [1.29, 1.82) is 0 Å². The van der Waals surface area contributed by atoms with E-state index in [1.54, 1.807) is 0 Å². The Morgan fingerprint density at radius 1 is 1.26 bits per heavy atom. The van der Waals surface area contributed by atoms with Crippen LogP contribution in [0.25, 0.3) is 11.0 Å². The summed E-state index contributed by atoms with van der Waals surface area (Å²) in [5, 5.41) is 0. The first-order valence-electron chi connectivity index (χ1n) is 6.94. The molecule has 4 heteroatoms. The van der Waals surface area contributed by atoms with Crippen molar-refractivity contribution in [2.45, 2.75) is 26.8 Å². The van der Waals surface area contributed by atoms with Crippen molar-refractivity contribution in [1.82, 2.24) is 9.55 Å². The van der Waals surface area contributed by atoms with Crippen molar-refractivity contribution in [3.63, 3.8) is 0 Å². The fourth-order valence-corrected chi connectivity index (χ4v) is 2.24. The first-order valence-corrected chi connectivity index (χ1v) is 6.94. The highest BCUT2D eigenvalue weighted by molar-refractivity contribution is 5.75. The average molecular weight is 261 g/mol. The van der Waals surface area contributed by atoms with Crippen LogP contribution >= 0.6 is 0 Å². The topological polar surface area (TPSA) is 53.1 Å². The molecule has 1 heterocycles. The lowest BCUT2D eigenvalue weighted by molar-refractivity contribution is 0.133. The van der Waals surface area contributed by atoms with Gasteiger partial charge in [-0.2, -0.15) is 0 Å². The van der Waals surface area contributed by atoms with E-state index in [2.05, 4.69) is 36.6 Å². The van der Waals surface area contributed by atoms with E-state index in [1.165, 1.54) is 5.52 Å². The zero-order valence-corrected chi connectivity index (χ0v) is 11.8. The molecule has 0 saturated carbocycles. The van der Waals surface area contributed by atoms with E-state index in [0.29, 0.717) is 25.7 Å². The minimum Gasteiger partial charge on any atom is -0.378 e. The maximum absolute atomic E-state index is 5.49. The van der Waals surface area contributed by atoms with Crippen LogP contribution in [-0.4, -0.2) is 29.3 Å². The number of hydrogen-bond acceptors (Lipinski definition) is 3. The summed E-state index contributed by atoms with van der Waals surface area (Å²) in [6.45, 7) is 7.14. The first kappa shape index (κ1) is 14.0. The Morgan fingerprint density at radius 2 is 2.05 bits per heavy atom. The number of rotatable bonds is 7. The molecular weight excluding hydrogens is 238 g/mol. The van der Waals surface area contributed by atoms with Gasteiger partial charge in [0.25, 0.3) is 0 Å². The second-order valence-corrected chi connectivity index (χ2v) is 5.17. The number of nitrogens with two attached hydrogens (primary N) is 1. The normalized spacial score (nSPS) is 11.6. The van der Waals surface area contributed by atoms with E-state index in [9.17, 15) is 0 Å². The standard InChI is InChI=1S/C15H23N3O/c1-12(2)11-15-17-13-5-3-4-6-14(13)18(15)8-10-19-9-7-16/h3-6,12H,7-11,16H2,1-2H3. The predicted molar refractivity (Wildman–Crippen MR) is 78.1 cm³/mol. The van der Waals surface area contributed by atoms with Gasteiger partial charge in [-0.05, 0) is 18.1 Å². The van der Waals surface area contributed by atoms with Gasteiger partial charge < -0.3 is 15.0 Å². The van der Waals surface area contributed by atoms with Gasteiger partial charge in [0, 0.05) is 19.5 Å². The molecule has 104 valence electrons. The van der Waals surface area contributed by atoms with Gasteiger partial charge in [-0.15, -0.1) is 0 Å². The van der Waals surface area contributed by atoms with Gasteiger partial charge in [0.05, 0.1) is 24.2 Å². The number of fused-ring (bicyclic) bond motifs is 1. The van der Waals surface area contributed by atoms with Crippen molar-refractivity contribution < 1.29 is 4.74 Å². The van der Waals surface area contributed by atoms with E-state index >= 15 is 0 Å². The molecule has 2 N–H and O–H groups in total. The number of para-hydroxylation sites is 2. The Kier molecular flexibility index (Phi) is 4.93. The minimum absolute atomic E-state index is 0.573. The van der Waals surface area contributed by atoms with E-state index in [0.717, 1.165) is 24.3 Å². The Labute approximate surface area is 114 Å². The smallest absolute Gasteiger partial charge is 0.110 e. The van der Waals surface area contributed by atoms with Crippen LogP contribution < -0.4 is 5.73 Å². The van der Waals surface area contributed by atoms with Crippen molar-refractivity contribution in [3.8, 4) is 0 Å². The summed E-state index contributed by atoms with van der Waals surface area (Å²) >= 11 is 0. The van der Waals surface area contributed by atoms with Crippen molar-refractivity contribution in [2.24, 2.45) is 11.7 Å². The third kappa shape index (κ3) is 3.55. The van der Waals surface area contributed by atoms with Crippen LogP contribution in [0.2, 0.25) is 0 Å². The lowest BCUT2D eigenvalue weighted by Gasteiger charge is -2.11. The second-order valence-electron chi connectivity index (χ2n) is 5.17. The molecule has 0 radical (unpaired) electrons. The number of nitrogens with zero attached hydrogens (tertiary/aromatic N) is 2. The zero-order chi connectivity index (χ0) is 13.7. The first-order chi connectivity index (χ1) is 9.22. The molecule has 0 spiro atoms. The molecule has 0 unspecified atom stereocenters. The van der Waals surface area contributed by atoms with Crippen LogP contribution in [-0.2, 0) is 17.7 Å². The predicted octanol–water partition coefficient (Wildman–Crippen LogP) is 2.21. The zero-order valence-electron chi connectivity index (χ0n) is 11.8. The Balaban J connectivity index is 2.21. The average Bonchev–Trinajstić information content (AvgIpc) is 2.72. The molecule has 0 saturated heterocycles. The molecule has 2 rings (SSSR count). The van der Waals surface area contributed by atoms with Gasteiger partial charge >= 0.3 is 0 Å². The largest absolute Gasteiger partial charge is 0.378 e. The SMILES string of the molecule is CC(C)Cc1nc2ccccc2n1CCOCCN. The highest BCUT2D eigenvalue weighted by atomic mass is 16.5. The summed E-state index contributed by atoms with van der Waals surface area (Å²) in [6.07, 6.45) is 0.992. The molecule has 0 fully saturated rings.